The Bertz CT molecular complexity index is 181. The van der Waals surface area contributed by atoms with Crippen molar-refractivity contribution < 1.29 is 0 Å². The van der Waals surface area contributed by atoms with Crippen LogP contribution >= 0.6 is 0 Å². The van der Waals surface area contributed by atoms with Gasteiger partial charge in [-0.15, -0.1) is 0 Å². The first-order chi connectivity index (χ1) is 7.40. The molecule has 88 valence electrons. The standard InChI is InChI=1S/C13H26N2/c1-2-3-4-7-14-8-9-15-11-12-5-6-13(15)10-12/h12-14H,2-11H2,1H3. The van der Waals surface area contributed by atoms with Crippen LogP contribution in [0.4, 0.5) is 0 Å². The maximum atomic E-state index is 3.56. The average Bonchev–Trinajstić information content (AvgIpc) is 2.85. The van der Waals surface area contributed by atoms with Crippen molar-refractivity contribution in [3.05, 3.63) is 0 Å². The Morgan fingerprint density at radius 3 is 2.80 bits per heavy atom. The third-order valence-corrected chi connectivity index (χ3v) is 4.06. The lowest BCUT2D eigenvalue weighted by atomic mass is 10.1. The van der Waals surface area contributed by atoms with Crippen LogP contribution in [-0.2, 0) is 0 Å². The summed E-state index contributed by atoms with van der Waals surface area (Å²) in [6, 6.07) is 0.951. The quantitative estimate of drug-likeness (QED) is 0.648. The number of likely N-dealkylation sites (tertiary alicyclic amines) is 1. The Hall–Kier alpha value is -0.0800. The lowest BCUT2D eigenvalue weighted by Gasteiger charge is -2.26. The fraction of sp³-hybridized carbons (Fsp3) is 1.00. The summed E-state index contributed by atoms with van der Waals surface area (Å²) in [5.74, 6) is 1.05. The Kier molecular flexibility index (Phi) is 4.45. The molecule has 0 radical (unpaired) electrons. The van der Waals surface area contributed by atoms with Crippen LogP contribution in [-0.4, -0.2) is 37.1 Å². The first-order valence-electron chi connectivity index (χ1n) is 6.85. The van der Waals surface area contributed by atoms with Crippen molar-refractivity contribution in [3.63, 3.8) is 0 Å². The first-order valence-corrected chi connectivity index (χ1v) is 6.85. The maximum Gasteiger partial charge on any atom is 0.0110 e. The van der Waals surface area contributed by atoms with E-state index in [4.69, 9.17) is 0 Å². The molecule has 2 aliphatic rings. The van der Waals surface area contributed by atoms with E-state index in [0.717, 1.165) is 12.0 Å². The molecule has 0 amide bonds. The number of nitrogens with zero attached hydrogens (tertiary/aromatic N) is 1. The minimum absolute atomic E-state index is 0.951. The molecule has 2 heteroatoms. The number of piperidine rings is 1. The van der Waals surface area contributed by atoms with Gasteiger partial charge >= 0.3 is 0 Å². The zero-order valence-corrected chi connectivity index (χ0v) is 10.2. The Balaban J connectivity index is 1.48. The summed E-state index contributed by atoms with van der Waals surface area (Å²) >= 11 is 0. The van der Waals surface area contributed by atoms with Gasteiger partial charge in [-0.2, -0.15) is 0 Å². The molecule has 0 aromatic heterocycles. The molecule has 1 heterocycles. The van der Waals surface area contributed by atoms with Crippen molar-refractivity contribution >= 4 is 0 Å². The van der Waals surface area contributed by atoms with Gasteiger partial charge in [0.1, 0.15) is 0 Å². The molecule has 2 unspecified atom stereocenters. The highest BCUT2D eigenvalue weighted by Crippen LogP contribution is 2.36. The van der Waals surface area contributed by atoms with Crippen molar-refractivity contribution in [2.75, 3.05) is 26.2 Å². The van der Waals surface area contributed by atoms with Gasteiger partial charge < -0.3 is 5.32 Å². The minimum atomic E-state index is 0.951. The second-order valence-corrected chi connectivity index (χ2v) is 5.28. The summed E-state index contributed by atoms with van der Waals surface area (Å²) in [6.45, 7) is 7.36. The number of unbranched alkanes of at least 4 members (excludes halogenated alkanes) is 2. The third kappa shape index (κ3) is 3.18. The second kappa shape index (κ2) is 5.86. The minimum Gasteiger partial charge on any atom is -0.315 e. The molecule has 1 aliphatic heterocycles. The molecule has 0 aromatic carbocycles. The third-order valence-electron chi connectivity index (χ3n) is 4.06. The molecule has 2 atom stereocenters. The van der Waals surface area contributed by atoms with E-state index in [2.05, 4.69) is 17.1 Å². The lowest BCUT2D eigenvalue weighted by Crippen LogP contribution is -2.37. The Labute approximate surface area is 94.4 Å². The Morgan fingerprint density at radius 2 is 2.13 bits per heavy atom. The van der Waals surface area contributed by atoms with Crippen molar-refractivity contribution in [2.24, 2.45) is 5.92 Å². The van der Waals surface area contributed by atoms with Gasteiger partial charge in [0, 0.05) is 25.7 Å². The van der Waals surface area contributed by atoms with Gasteiger partial charge in [0.2, 0.25) is 0 Å². The van der Waals surface area contributed by atoms with Crippen molar-refractivity contribution in [2.45, 2.75) is 51.5 Å². The largest absolute Gasteiger partial charge is 0.315 e. The first kappa shape index (κ1) is 11.4. The molecule has 1 saturated heterocycles. The molecule has 2 rings (SSSR count). The molecule has 2 nitrogen and oxygen atoms in total. The molecule has 1 saturated carbocycles. The van der Waals surface area contributed by atoms with Crippen LogP contribution in [0.15, 0.2) is 0 Å². The predicted molar refractivity (Wildman–Crippen MR) is 65.1 cm³/mol. The molecule has 0 spiro atoms. The van der Waals surface area contributed by atoms with Crippen molar-refractivity contribution in [3.8, 4) is 0 Å². The van der Waals surface area contributed by atoms with Gasteiger partial charge in [-0.25, -0.2) is 0 Å². The summed E-state index contributed by atoms with van der Waals surface area (Å²) < 4.78 is 0. The summed E-state index contributed by atoms with van der Waals surface area (Å²) in [5.41, 5.74) is 0. The van der Waals surface area contributed by atoms with Crippen LogP contribution in [0.2, 0.25) is 0 Å². The maximum absolute atomic E-state index is 3.56. The van der Waals surface area contributed by atoms with Crippen molar-refractivity contribution in [1.82, 2.24) is 10.2 Å². The fourth-order valence-electron chi connectivity index (χ4n) is 3.15. The van der Waals surface area contributed by atoms with Gasteiger partial charge in [0.25, 0.3) is 0 Å². The van der Waals surface area contributed by atoms with Gasteiger partial charge in [0.05, 0.1) is 0 Å². The van der Waals surface area contributed by atoms with E-state index in [1.54, 1.807) is 0 Å². The predicted octanol–water partition coefficient (Wildman–Crippen LogP) is 2.25. The highest BCUT2D eigenvalue weighted by molar-refractivity contribution is 4.91. The lowest BCUT2D eigenvalue weighted by molar-refractivity contribution is 0.214. The van der Waals surface area contributed by atoms with Crippen LogP contribution in [0.3, 0.4) is 0 Å². The molecule has 1 aliphatic carbocycles. The molecule has 15 heavy (non-hydrogen) atoms. The van der Waals surface area contributed by atoms with E-state index in [1.165, 1.54) is 64.7 Å². The van der Waals surface area contributed by atoms with E-state index in [0.29, 0.717) is 0 Å². The van der Waals surface area contributed by atoms with Gasteiger partial charge in [-0.1, -0.05) is 19.8 Å². The van der Waals surface area contributed by atoms with E-state index in [9.17, 15) is 0 Å². The summed E-state index contributed by atoms with van der Waals surface area (Å²) in [7, 11) is 0. The van der Waals surface area contributed by atoms with Crippen LogP contribution in [0.1, 0.15) is 45.4 Å². The average molecular weight is 210 g/mol. The number of fused-ring (bicyclic) bond motifs is 2. The van der Waals surface area contributed by atoms with E-state index < -0.39 is 0 Å². The zero-order chi connectivity index (χ0) is 10.5. The van der Waals surface area contributed by atoms with Crippen LogP contribution in [0.5, 0.6) is 0 Å². The van der Waals surface area contributed by atoms with Gasteiger partial charge in [-0.3, -0.25) is 4.90 Å². The summed E-state index contributed by atoms with van der Waals surface area (Å²) in [6.07, 6.45) is 8.53. The molecule has 2 bridgehead atoms. The van der Waals surface area contributed by atoms with E-state index in [1.807, 2.05) is 0 Å². The number of rotatable bonds is 7. The summed E-state index contributed by atoms with van der Waals surface area (Å²) in [5, 5.41) is 3.56. The second-order valence-electron chi connectivity index (χ2n) is 5.28. The highest BCUT2D eigenvalue weighted by Gasteiger charge is 2.36. The molecule has 1 N–H and O–H groups in total. The molecule has 2 fully saturated rings. The topological polar surface area (TPSA) is 15.3 Å². The molecular weight excluding hydrogens is 184 g/mol. The summed E-state index contributed by atoms with van der Waals surface area (Å²) in [4.78, 5) is 2.71. The zero-order valence-electron chi connectivity index (χ0n) is 10.2. The number of hydrogen-bond acceptors (Lipinski definition) is 2. The number of hydrogen-bond donors (Lipinski definition) is 1. The van der Waals surface area contributed by atoms with Crippen molar-refractivity contribution in [1.29, 1.82) is 0 Å². The smallest absolute Gasteiger partial charge is 0.0110 e. The fourth-order valence-corrected chi connectivity index (χ4v) is 3.15. The van der Waals surface area contributed by atoms with Gasteiger partial charge in [-0.05, 0) is 38.1 Å². The van der Waals surface area contributed by atoms with Gasteiger partial charge in [0.15, 0.2) is 0 Å². The van der Waals surface area contributed by atoms with Crippen LogP contribution in [0.25, 0.3) is 0 Å². The SMILES string of the molecule is CCCCCNCCN1CC2CCC1C2. The van der Waals surface area contributed by atoms with Crippen LogP contribution < -0.4 is 5.32 Å². The number of nitrogens with one attached hydrogen (secondary N) is 1. The highest BCUT2D eigenvalue weighted by atomic mass is 15.2. The molecule has 0 aromatic rings. The monoisotopic (exact) mass is 210 g/mol. The Morgan fingerprint density at radius 1 is 1.20 bits per heavy atom. The normalized spacial score (nSPS) is 30.2. The van der Waals surface area contributed by atoms with E-state index in [-0.39, 0.29) is 0 Å². The van der Waals surface area contributed by atoms with E-state index >= 15 is 0 Å². The molecular formula is C13H26N2. The van der Waals surface area contributed by atoms with Crippen LogP contribution in [0, 0.1) is 5.92 Å².